The summed E-state index contributed by atoms with van der Waals surface area (Å²) in [6.07, 6.45) is -2.25. The Bertz CT molecular complexity index is 303. The first-order valence-corrected chi connectivity index (χ1v) is 5.12. The number of nitrogens with one attached hydrogen (secondary N) is 1. The Morgan fingerprint density at radius 2 is 1.65 bits per heavy atom. The van der Waals surface area contributed by atoms with Crippen LogP contribution in [-0.4, -0.2) is 30.9 Å². The zero-order valence-corrected chi connectivity index (χ0v) is 10.0. The average Bonchev–Trinajstić information content (AvgIpc) is 2.22. The van der Waals surface area contributed by atoms with E-state index in [1.165, 1.54) is 0 Å². The Balaban J connectivity index is 3.95. The van der Waals surface area contributed by atoms with Gasteiger partial charge in [0.05, 0.1) is 12.6 Å². The molecule has 8 heteroatoms. The molecule has 8 nitrogen and oxygen atoms in total. The summed E-state index contributed by atoms with van der Waals surface area (Å²) in [6.45, 7) is 5.20. The highest BCUT2D eigenvalue weighted by Gasteiger charge is 2.09. The van der Waals surface area contributed by atoms with E-state index < -0.39 is 18.3 Å². The molecule has 0 bridgehead atoms. The lowest BCUT2D eigenvalue weighted by Gasteiger charge is -2.08. The van der Waals surface area contributed by atoms with Gasteiger partial charge in [0.15, 0.2) is 0 Å². The summed E-state index contributed by atoms with van der Waals surface area (Å²) in [4.78, 5) is 21.9. The molecule has 1 unspecified atom stereocenters. The van der Waals surface area contributed by atoms with Crippen LogP contribution in [0.5, 0.6) is 0 Å². The van der Waals surface area contributed by atoms with Crippen LogP contribution in [0.15, 0.2) is 15.3 Å². The van der Waals surface area contributed by atoms with E-state index in [9.17, 15) is 9.59 Å². The molecule has 0 heterocycles. The van der Waals surface area contributed by atoms with E-state index in [4.69, 9.17) is 10.3 Å². The van der Waals surface area contributed by atoms with E-state index >= 15 is 0 Å². The van der Waals surface area contributed by atoms with Gasteiger partial charge in [0.2, 0.25) is 0 Å². The number of amides is 2. The van der Waals surface area contributed by atoms with Gasteiger partial charge in [0.1, 0.15) is 6.10 Å². The van der Waals surface area contributed by atoms with Gasteiger partial charge < -0.3 is 9.47 Å². The smallest absolute Gasteiger partial charge is 0.444 e. The second kappa shape index (κ2) is 8.31. The summed E-state index contributed by atoms with van der Waals surface area (Å²) in [5, 5.41) is 9.18. The molecule has 0 saturated carbocycles. The molecule has 2 amide bonds. The van der Waals surface area contributed by atoms with Gasteiger partial charge in [-0.15, -0.1) is 0 Å². The highest BCUT2D eigenvalue weighted by molar-refractivity contribution is 5.73. The minimum absolute atomic E-state index is 0.265. The van der Waals surface area contributed by atoms with Crippen LogP contribution in [0.4, 0.5) is 9.59 Å². The van der Waals surface area contributed by atoms with Crippen molar-refractivity contribution >= 4 is 12.2 Å². The predicted molar refractivity (Wildman–Crippen MR) is 57.0 cm³/mol. The van der Waals surface area contributed by atoms with Crippen LogP contribution in [0.1, 0.15) is 27.2 Å². The highest BCUT2D eigenvalue weighted by atomic mass is 16.6. The van der Waals surface area contributed by atoms with Crippen molar-refractivity contribution in [1.82, 2.24) is 0 Å². The van der Waals surface area contributed by atoms with Crippen LogP contribution in [0.3, 0.4) is 0 Å². The summed E-state index contributed by atoms with van der Waals surface area (Å²) in [6, 6.07) is 0. The number of rotatable bonds is 5. The Kier molecular flexibility index (Phi) is 7.40. The molecule has 1 N–H and O–H groups in total. The SMILES string of the molecule is CC(C)OC(=O)N=NC(=O)OC(C)CCN=N. The summed E-state index contributed by atoms with van der Waals surface area (Å²) >= 11 is 0. The molecular formula is C9H16N4O4. The predicted octanol–water partition coefficient (Wildman–Crippen LogP) is 2.93. The van der Waals surface area contributed by atoms with Crippen molar-refractivity contribution in [2.24, 2.45) is 15.3 Å². The lowest BCUT2D eigenvalue weighted by molar-refractivity contribution is 0.107. The van der Waals surface area contributed by atoms with Crippen LogP contribution < -0.4 is 0 Å². The molecule has 0 saturated heterocycles. The average molecular weight is 244 g/mol. The number of carbonyl (C=O) groups excluding carboxylic acids is 2. The van der Waals surface area contributed by atoms with Gasteiger partial charge in [-0.3, -0.25) is 0 Å². The molecule has 0 aliphatic heterocycles. The highest BCUT2D eigenvalue weighted by Crippen LogP contribution is 2.01. The van der Waals surface area contributed by atoms with Gasteiger partial charge in [0, 0.05) is 6.42 Å². The van der Waals surface area contributed by atoms with Gasteiger partial charge in [-0.1, -0.05) is 10.2 Å². The van der Waals surface area contributed by atoms with E-state index in [-0.39, 0.29) is 12.6 Å². The van der Waals surface area contributed by atoms with Crippen molar-refractivity contribution < 1.29 is 19.1 Å². The Morgan fingerprint density at radius 3 is 2.12 bits per heavy atom. The molecule has 0 aromatic rings. The molecule has 17 heavy (non-hydrogen) atoms. The standard InChI is InChI=1S/C9H16N4O4/c1-6(2)16-8(14)12-13-9(15)17-7(3)4-5-11-10/h6-7,10H,4-5H2,1-3H3. The molecule has 0 aromatic carbocycles. The molecule has 0 rings (SSSR count). The van der Waals surface area contributed by atoms with Gasteiger partial charge in [-0.25, -0.2) is 15.1 Å². The maximum Gasteiger partial charge on any atom is 0.452 e. The van der Waals surface area contributed by atoms with E-state index in [1.807, 2.05) is 0 Å². The molecule has 0 aliphatic carbocycles. The van der Waals surface area contributed by atoms with E-state index in [0.717, 1.165) is 0 Å². The largest absolute Gasteiger partial charge is 0.452 e. The van der Waals surface area contributed by atoms with Crippen LogP contribution in [-0.2, 0) is 9.47 Å². The monoisotopic (exact) mass is 244 g/mol. The lowest BCUT2D eigenvalue weighted by atomic mass is 10.3. The van der Waals surface area contributed by atoms with Crippen molar-refractivity contribution in [1.29, 1.82) is 5.53 Å². The number of azo groups is 1. The second-order valence-electron chi connectivity index (χ2n) is 3.50. The molecule has 0 radical (unpaired) electrons. The maximum absolute atomic E-state index is 11.0. The number of nitrogens with zero attached hydrogens (tertiary/aromatic N) is 3. The third-order valence-corrected chi connectivity index (χ3v) is 1.50. The van der Waals surface area contributed by atoms with Crippen molar-refractivity contribution in [2.75, 3.05) is 6.54 Å². The zero-order chi connectivity index (χ0) is 13.3. The first kappa shape index (κ1) is 15.1. The summed E-state index contributed by atoms with van der Waals surface area (Å²) in [5.41, 5.74) is 6.56. The minimum Gasteiger partial charge on any atom is -0.444 e. The number of hydrogen-bond donors (Lipinski definition) is 1. The zero-order valence-electron chi connectivity index (χ0n) is 10.0. The fourth-order valence-corrected chi connectivity index (χ4v) is 0.808. The fourth-order valence-electron chi connectivity index (χ4n) is 0.808. The Hall–Kier alpha value is -1.86. The van der Waals surface area contributed by atoms with Gasteiger partial charge in [0.25, 0.3) is 0 Å². The number of hydrogen-bond acceptors (Lipinski definition) is 6. The molecule has 0 spiro atoms. The van der Waals surface area contributed by atoms with E-state index in [2.05, 4.69) is 20.1 Å². The first-order valence-electron chi connectivity index (χ1n) is 5.12. The lowest BCUT2D eigenvalue weighted by Crippen LogP contribution is -2.13. The van der Waals surface area contributed by atoms with Gasteiger partial charge in [-0.2, -0.15) is 5.11 Å². The fraction of sp³-hybridized carbons (Fsp3) is 0.778. The Labute approximate surface area is 98.9 Å². The minimum atomic E-state index is -0.969. The van der Waals surface area contributed by atoms with Crippen molar-refractivity contribution in [3.8, 4) is 0 Å². The maximum atomic E-state index is 11.0. The molecule has 0 fully saturated rings. The molecule has 1 atom stereocenters. The number of carbonyl (C=O) groups is 2. The summed E-state index contributed by atoms with van der Waals surface area (Å²) < 4.78 is 9.38. The van der Waals surface area contributed by atoms with Crippen LogP contribution in [0.25, 0.3) is 0 Å². The quantitative estimate of drug-likeness (QED) is 0.748. The van der Waals surface area contributed by atoms with Crippen LogP contribution in [0, 0.1) is 5.53 Å². The third kappa shape index (κ3) is 9.09. The molecular weight excluding hydrogens is 228 g/mol. The van der Waals surface area contributed by atoms with Crippen molar-refractivity contribution in [3.63, 3.8) is 0 Å². The molecule has 96 valence electrons. The molecule has 0 aromatic heterocycles. The van der Waals surface area contributed by atoms with Crippen LogP contribution >= 0.6 is 0 Å². The third-order valence-electron chi connectivity index (χ3n) is 1.50. The van der Waals surface area contributed by atoms with Crippen molar-refractivity contribution in [2.45, 2.75) is 39.4 Å². The second-order valence-corrected chi connectivity index (χ2v) is 3.50. The summed E-state index contributed by atoms with van der Waals surface area (Å²) in [7, 11) is 0. The topological polar surface area (TPSA) is 114 Å². The number of ether oxygens (including phenoxy) is 2. The Morgan fingerprint density at radius 1 is 1.12 bits per heavy atom. The first-order chi connectivity index (χ1) is 7.95. The summed E-state index contributed by atoms with van der Waals surface area (Å²) in [5.74, 6) is 0. The van der Waals surface area contributed by atoms with Crippen LogP contribution in [0.2, 0.25) is 0 Å². The molecule has 0 aliphatic rings. The normalized spacial score (nSPS) is 12.5. The van der Waals surface area contributed by atoms with Gasteiger partial charge >= 0.3 is 12.2 Å². The van der Waals surface area contributed by atoms with E-state index in [1.54, 1.807) is 20.8 Å². The van der Waals surface area contributed by atoms with Gasteiger partial charge in [-0.05, 0) is 20.8 Å². The van der Waals surface area contributed by atoms with E-state index in [0.29, 0.717) is 6.42 Å². The van der Waals surface area contributed by atoms with Crippen molar-refractivity contribution in [3.05, 3.63) is 0 Å².